The van der Waals surface area contributed by atoms with Gasteiger partial charge in [0.15, 0.2) is 0 Å². The second-order valence-corrected chi connectivity index (χ2v) is 13.9. The lowest BCUT2D eigenvalue weighted by molar-refractivity contribution is -0.139. The average Bonchev–Trinajstić information content (AvgIpc) is 2.84. The van der Waals surface area contributed by atoms with Crippen LogP contribution < -0.4 is 4.74 Å². The number of benzene rings is 1. The first-order valence-corrected chi connectivity index (χ1v) is 15.1. The molecule has 1 amide bonds. The van der Waals surface area contributed by atoms with Gasteiger partial charge in [0, 0.05) is 58.9 Å². The van der Waals surface area contributed by atoms with E-state index in [1.165, 1.54) is 4.31 Å². The molecule has 1 aliphatic heterocycles. The van der Waals surface area contributed by atoms with Gasteiger partial charge >= 0.3 is 0 Å². The molecule has 38 heavy (non-hydrogen) atoms. The fraction of sp³-hybridized carbons (Fsp3) is 0.750. The van der Waals surface area contributed by atoms with Crippen molar-refractivity contribution in [1.29, 1.82) is 0 Å². The number of sulfonamides is 1. The van der Waals surface area contributed by atoms with Crippen molar-refractivity contribution in [1.82, 2.24) is 19.0 Å². The van der Waals surface area contributed by atoms with Crippen LogP contribution in [0.5, 0.6) is 5.75 Å². The molecule has 0 aromatic heterocycles. The van der Waals surface area contributed by atoms with E-state index in [-0.39, 0.29) is 42.0 Å². The number of nitrogens with zero attached hydrogens (tertiary/aromatic N) is 4. The number of amides is 1. The Hall–Kier alpha value is -1.72. The predicted octanol–water partition coefficient (Wildman–Crippen LogP) is 2.60. The SMILES string of the molecule is COc1cc(C)c(S(=O)(=O)N(C)CCOCC(=O)N(C)C2CC(N3CCN(C)CC3)CC(C)(C)C2)c(C)c1. The van der Waals surface area contributed by atoms with E-state index in [0.29, 0.717) is 22.9 Å². The van der Waals surface area contributed by atoms with Crippen molar-refractivity contribution >= 4 is 15.9 Å². The summed E-state index contributed by atoms with van der Waals surface area (Å²) in [5.41, 5.74) is 1.44. The molecule has 9 nitrogen and oxygen atoms in total. The number of aryl methyl sites for hydroxylation is 2. The first kappa shape index (κ1) is 30.8. The van der Waals surface area contributed by atoms with Crippen molar-refractivity contribution in [2.75, 3.05) is 74.2 Å². The van der Waals surface area contributed by atoms with Gasteiger partial charge in [-0.05, 0) is 68.8 Å². The van der Waals surface area contributed by atoms with Gasteiger partial charge in [-0.25, -0.2) is 8.42 Å². The molecule has 0 spiro atoms. The van der Waals surface area contributed by atoms with Crippen LogP contribution in [0.1, 0.15) is 44.2 Å². The van der Waals surface area contributed by atoms with E-state index in [1.54, 1.807) is 40.1 Å². The lowest BCUT2D eigenvalue weighted by Crippen LogP contribution is -2.55. The normalized spacial score (nSPS) is 23.0. The molecule has 3 rings (SSSR count). The highest BCUT2D eigenvalue weighted by atomic mass is 32.2. The molecule has 1 saturated carbocycles. The van der Waals surface area contributed by atoms with Crippen LogP contribution in [-0.2, 0) is 19.6 Å². The third-order valence-corrected chi connectivity index (χ3v) is 10.4. The molecule has 1 aromatic carbocycles. The third-order valence-electron chi connectivity index (χ3n) is 8.23. The number of likely N-dealkylation sites (N-methyl/N-ethyl adjacent to an activating group) is 3. The maximum absolute atomic E-state index is 13.2. The molecule has 2 fully saturated rings. The molecule has 10 heteroatoms. The van der Waals surface area contributed by atoms with Crippen molar-refractivity contribution in [3.8, 4) is 5.75 Å². The molecule has 0 bridgehead atoms. The largest absolute Gasteiger partial charge is 0.497 e. The van der Waals surface area contributed by atoms with Gasteiger partial charge in [0.2, 0.25) is 15.9 Å². The minimum atomic E-state index is -3.70. The smallest absolute Gasteiger partial charge is 0.248 e. The van der Waals surface area contributed by atoms with Crippen LogP contribution in [0, 0.1) is 19.3 Å². The fourth-order valence-corrected chi connectivity index (χ4v) is 7.53. The average molecular weight is 553 g/mol. The van der Waals surface area contributed by atoms with Gasteiger partial charge in [-0.15, -0.1) is 0 Å². The molecule has 0 radical (unpaired) electrons. The zero-order valence-corrected chi connectivity index (χ0v) is 25.4. The zero-order valence-electron chi connectivity index (χ0n) is 24.6. The van der Waals surface area contributed by atoms with Gasteiger partial charge in [-0.3, -0.25) is 9.69 Å². The summed E-state index contributed by atoms with van der Waals surface area (Å²) in [6.07, 6.45) is 3.11. The Morgan fingerprint density at radius 1 is 1.08 bits per heavy atom. The van der Waals surface area contributed by atoms with Gasteiger partial charge in [0.25, 0.3) is 0 Å². The summed E-state index contributed by atoms with van der Waals surface area (Å²) in [6.45, 7) is 12.7. The summed E-state index contributed by atoms with van der Waals surface area (Å²) in [5.74, 6) is 0.570. The topological polar surface area (TPSA) is 82.6 Å². The van der Waals surface area contributed by atoms with Gasteiger partial charge < -0.3 is 19.3 Å². The van der Waals surface area contributed by atoms with Gasteiger partial charge in [0.1, 0.15) is 12.4 Å². The Balaban J connectivity index is 1.52. The van der Waals surface area contributed by atoms with Crippen LogP contribution >= 0.6 is 0 Å². The Morgan fingerprint density at radius 2 is 1.68 bits per heavy atom. The molecule has 1 aliphatic carbocycles. The van der Waals surface area contributed by atoms with Crippen LogP contribution in [0.4, 0.5) is 0 Å². The summed E-state index contributed by atoms with van der Waals surface area (Å²) in [6, 6.07) is 4.10. The number of carbonyl (C=O) groups excluding carboxylic acids is 1. The molecule has 1 aromatic rings. The number of carbonyl (C=O) groups is 1. The number of hydrogen-bond acceptors (Lipinski definition) is 7. The fourth-order valence-electron chi connectivity index (χ4n) is 5.97. The van der Waals surface area contributed by atoms with Gasteiger partial charge in [-0.1, -0.05) is 13.8 Å². The third kappa shape index (κ3) is 7.47. The van der Waals surface area contributed by atoms with E-state index in [0.717, 1.165) is 45.4 Å². The van der Waals surface area contributed by atoms with E-state index in [2.05, 4.69) is 30.7 Å². The second-order valence-electron chi connectivity index (χ2n) is 11.9. The monoisotopic (exact) mass is 552 g/mol. The molecule has 1 heterocycles. The first-order chi connectivity index (χ1) is 17.7. The molecule has 2 unspecified atom stereocenters. The Labute approximate surface area is 230 Å². The lowest BCUT2D eigenvalue weighted by Gasteiger charge is -2.48. The highest BCUT2D eigenvalue weighted by molar-refractivity contribution is 7.89. The van der Waals surface area contributed by atoms with Gasteiger partial charge in [0.05, 0.1) is 18.6 Å². The summed E-state index contributed by atoms with van der Waals surface area (Å²) >= 11 is 0. The number of methoxy groups -OCH3 is 1. The van der Waals surface area contributed by atoms with E-state index in [9.17, 15) is 13.2 Å². The van der Waals surface area contributed by atoms with Crippen LogP contribution in [0.25, 0.3) is 0 Å². The zero-order chi connectivity index (χ0) is 28.3. The number of hydrogen-bond donors (Lipinski definition) is 0. The van der Waals surface area contributed by atoms with E-state index < -0.39 is 10.0 Å². The lowest BCUT2D eigenvalue weighted by atomic mass is 9.71. The Morgan fingerprint density at radius 3 is 2.26 bits per heavy atom. The van der Waals surface area contributed by atoms with Gasteiger partial charge in [-0.2, -0.15) is 4.31 Å². The molecule has 2 atom stereocenters. The van der Waals surface area contributed by atoms with Crippen LogP contribution in [0.15, 0.2) is 17.0 Å². The molecule has 0 N–H and O–H groups in total. The first-order valence-electron chi connectivity index (χ1n) is 13.6. The maximum Gasteiger partial charge on any atom is 0.248 e. The van der Waals surface area contributed by atoms with E-state index in [4.69, 9.17) is 9.47 Å². The standard InChI is InChI=1S/C28H48N4O5S/c1-21-15-25(36-8)16-22(2)27(21)38(34,35)30(6)13-14-37-20-26(33)31(7)23-17-24(19-28(3,4)18-23)32-11-9-29(5)10-12-32/h15-16,23-24H,9-14,17-20H2,1-8H3. The van der Waals surface area contributed by atoms with Crippen LogP contribution in [-0.4, -0.2) is 120 Å². The number of rotatable bonds is 10. The summed E-state index contributed by atoms with van der Waals surface area (Å²) in [7, 11) is 3.46. The minimum Gasteiger partial charge on any atom is -0.497 e. The highest BCUT2D eigenvalue weighted by Gasteiger charge is 2.39. The molecule has 216 valence electrons. The minimum absolute atomic E-state index is 0.0545. The Bertz CT molecular complexity index is 1050. The van der Waals surface area contributed by atoms with E-state index >= 15 is 0 Å². The predicted molar refractivity (Wildman–Crippen MR) is 150 cm³/mol. The van der Waals surface area contributed by atoms with Crippen LogP contribution in [0.3, 0.4) is 0 Å². The highest BCUT2D eigenvalue weighted by Crippen LogP contribution is 2.39. The molecular weight excluding hydrogens is 504 g/mol. The quantitative estimate of drug-likeness (QED) is 0.413. The molecule has 1 saturated heterocycles. The molecule has 2 aliphatic rings. The second kappa shape index (κ2) is 12.6. The number of ether oxygens (including phenoxy) is 2. The summed E-state index contributed by atoms with van der Waals surface area (Å²) in [5, 5.41) is 0. The number of piperazine rings is 1. The van der Waals surface area contributed by atoms with Crippen molar-refractivity contribution in [3.63, 3.8) is 0 Å². The van der Waals surface area contributed by atoms with E-state index in [1.807, 2.05) is 11.9 Å². The van der Waals surface area contributed by atoms with Crippen molar-refractivity contribution in [2.24, 2.45) is 5.41 Å². The Kier molecular flexibility index (Phi) is 10.2. The maximum atomic E-state index is 13.2. The van der Waals surface area contributed by atoms with Crippen molar-refractivity contribution in [3.05, 3.63) is 23.3 Å². The van der Waals surface area contributed by atoms with Crippen molar-refractivity contribution < 1.29 is 22.7 Å². The van der Waals surface area contributed by atoms with Crippen molar-refractivity contribution in [2.45, 2.75) is 63.9 Å². The summed E-state index contributed by atoms with van der Waals surface area (Å²) < 4.78 is 38.6. The summed E-state index contributed by atoms with van der Waals surface area (Å²) in [4.78, 5) is 20.1. The molecular formula is C28H48N4O5S. The van der Waals surface area contributed by atoms with Crippen LogP contribution in [0.2, 0.25) is 0 Å².